The number of halogens is 1. The molecule has 0 bridgehead atoms. The molecule has 0 N–H and O–H groups in total. The first-order valence-corrected chi connectivity index (χ1v) is 7.10. The fraction of sp³-hybridized carbons (Fsp3) is 0.600. The van der Waals surface area contributed by atoms with Crippen LogP contribution in [0.1, 0.15) is 25.3 Å². The van der Waals surface area contributed by atoms with Crippen molar-refractivity contribution in [2.24, 2.45) is 5.92 Å². The van der Waals surface area contributed by atoms with E-state index in [1.807, 2.05) is 25.1 Å². The molecule has 0 aliphatic heterocycles. The number of rotatable bonds is 9. The van der Waals surface area contributed by atoms with Gasteiger partial charge in [0.15, 0.2) is 0 Å². The van der Waals surface area contributed by atoms with Gasteiger partial charge in [-0.1, -0.05) is 18.2 Å². The molecule has 0 saturated carbocycles. The molecule has 1 rings (SSSR count). The lowest BCUT2D eigenvalue weighted by Crippen LogP contribution is -2.09. The normalized spacial score (nSPS) is 12.4. The summed E-state index contributed by atoms with van der Waals surface area (Å²) in [6.45, 7) is 3.64. The first kappa shape index (κ1) is 15.3. The van der Waals surface area contributed by atoms with Crippen LogP contribution in [0.25, 0.3) is 0 Å². The van der Waals surface area contributed by atoms with Crippen molar-refractivity contribution in [3.8, 4) is 5.75 Å². The standard InChI is InChI=1S/C15H23ClO2/c1-3-18-10-6-7-13(12-16)11-14-8-4-5-9-15(14)17-2/h4-5,8-9,13H,3,6-7,10-12H2,1-2H3. The van der Waals surface area contributed by atoms with Crippen LogP contribution in [-0.4, -0.2) is 26.2 Å². The molecule has 102 valence electrons. The van der Waals surface area contributed by atoms with E-state index < -0.39 is 0 Å². The van der Waals surface area contributed by atoms with Crippen LogP contribution in [0, 0.1) is 5.92 Å². The Hall–Kier alpha value is -0.730. The van der Waals surface area contributed by atoms with E-state index in [-0.39, 0.29) is 0 Å². The molecule has 1 aromatic carbocycles. The summed E-state index contributed by atoms with van der Waals surface area (Å²) >= 11 is 6.04. The van der Waals surface area contributed by atoms with Gasteiger partial charge in [0.25, 0.3) is 0 Å². The number of hydrogen-bond donors (Lipinski definition) is 0. The zero-order valence-electron chi connectivity index (χ0n) is 11.3. The van der Waals surface area contributed by atoms with Crippen molar-refractivity contribution in [1.29, 1.82) is 0 Å². The Morgan fingerprint density at radius 3 is 2.72 bits per heavy atom. The highest BCUT2D eigenvalue weighted by molar-refractivity contribution is 6.18. The Labute approximate surface area is 115 Å². The quantitative estimate of drug-likeness (QED) is 0.500. The summed E-state index contributed by atoms with van der Waals surface area (Å²) < 4.78 is 10.7. The summed E-state index contributed by atoms with van der Waals surface area (Å²) in [7, 11) is 1.71. The Bertz CT molecular complexity index is 328. The largest absolute Gasteiger partial charge is 0.496 e. The van der Waals surface area contributed by atoms with Crippen LogP contribution < -0.4 is 4.74 Å². The molecule has 1 atom stereocenters. The van der Waals surface area contributed by atoms with E-state index in [1.54, 1.807) is 7.11 Å². The maximum atomic E-state index is 6.04. The average molecular weight is 271 g/mol. The molecule has 0 aromatic heterocycles. The van der Waals surface area contributed by atoms with Crippen LogP contribution in [0.2, 0.25) is 0 Å². The zero-order valence-corrected chi connectivity index (χ0v) is 12.1. The van der Waals surface area contributed by atoms with Crippen molar-refractivity contribution in [1.82, 2.24) is 0 Å². The van der Waals surface area contributed by atoms with Gasteiger partial charge in [-0.15, -0.1) is 11.6 Å². The highest BCUT2D eigenvalue weighted by Crippen LogP contribution is 2.23. The third-order valence-corrected chi connectivity index (χ3v) is 3.46. The molecule has 2 nitrogen and oxygen atoms in total. The smallest absolute Gasteiger partial charge is 0.122 e. The van der Waals surface area contributed by atoms with Crippen LogP contribution in [0.4, 0.5) is 0 Å². The molecule has 0 aliphatic carbocycles. The van der Waals surface area contributed by atoms with Crippen molar-refractivity contribution in [2.75, 3.05) is 26.2 Å². The molecular weight excluding hydrogens is 248 g/mol. The Morgan fingerprint density at radius 1 is 1.28 bits per heavy atom. The van der Waals surface area contributed by atoms with Gasteiger partial charge >= 0.3 is 0 Å². The number of alkyl halides is 1. The number of hydrogen-bond acceptors (Lipinski definition) is 2. The second-order valence-electron chi connectivity index (χ2n) is 4.38. The first-order chi connectivity index (χ1) is 8.81. The maximum Gasteiger partial charge on any atom is 0.122 e. The molecule has 1 unspecified atom stereocenters. The van der Waals surface area contributed by atoms with E-state index in [4.69, 9.17) is 21.1 Å². The van der Waals surface area contributed by atoms with E-state index in [9.17, 15) is 0 Å². The second kappa shape index (κ2) is 9.23. The molecule has 0 aliphatic rings. The molecule has 3 heteroatoms. The van der Waals surface area contributed by atoms with Crippen molar-refractivity contribution in [3.63, 3.8) is 0 Å². The Balaban J connectivity index is 2.46. The van der Waals surface area contributed by atoms with Gasteiger partial charge in [-0.3, -0.25) is 0 Å². The molecule has 1 aromatic rings. The van der Waals surface area contributed by atoms with E-state index in [1.165, 1.54) is 5.56 Å². The predicted molar refractivity (Wildman–Crippen MR) is 76.6 cm³/mol. The van der Waals surface area contributed by atoms with Crippen molar-refractivity contribution in [2.45, 2.75) is 26.2 Å². The molecule has 0 radical (unpaired) electrons. The minimum absolute atomic E-state index is 0.489. The molecule has 0 spiro atoms. The van der Waals surface area contributed by atoms with Crippen LogP contribution >= 0.6 is 11.6 Å². The fourth-order valence-corrected chi connectivity index (χ4v) is 2.30. The lowest BCUT2D eigenvalue weighted by atomic mass is 9.96. The first-order valence-electron chi connectivity index (χ1n) is 6.57. The summed E-state index contributed by atoms with van der Waals surface area (Å²) in [5.41, 5.74) is 1.24. The van der Waals surface area contributed by atoms with Gasteiger partial charge in [0.1, 0.15) is 5.75 Å². The highest BCUT2D eigenvalue weighted by Gasteiger charge is 2.11. The third kappa shape index (κ3) is 5.28. The lowest BCUT2D eigenvalue weighted by Gasteiger charge is -2.15. The summed E-state index contributed by atoms with van der Waals surface area (Å²) in [6.07, 6.45) is 3.14. The topological polar surface area (TPSA) is 18.5 Å². The number of para-hydroxylation sites is 1. The summed E-state index contributed by atoms with van der Waals surface area (Å²) in [5.74, 6) is 2.13. The van der Waals surface area contributed by atoms with Gasteiger partial charge < -0.3 is 9.47 Å². The molecule has 0 saturated heterocycles. The molecule has 18 heavy (non-hydrogen) atoms. The van der Waals surface area contributed by atoms with E-state index in [0.717, 1.165) is 38.2 Å². The van der Waals surface area contributed by atoms with Crippen LogP contribution in [0.3, 0.4) is 0 Å². The highest BCUT2D eigenvalue weighted by atomic mass is 35.5. The number of methoxy groups -OCH3 is 1. The fourth-order valence-electron chi connectivity index (χ4n) is 2.03. The van der Waals surface area contributed by atoms with Gasteiger partial charge in [0.2, 0.25) is 0 Å². The summed E-state index contributed by atoms with van der Waals surface area (Å²) in [5, 5.41) is 0. The van der Waals surface area contributed by atoms with Crippen LogP contribution in [0.15, 0.2) is 24.3 Å². The predicted octanol–water partition coefficient (Wildman–Crippen LogP) is 3.91. The lowest BCUT2D eigenvalue weighted by molar-refractivity contribution is 0.140. The van der Waals surface area contributed by atoms with Gasteiger partial charge in [-0.05, 0) is 43.7 Å². The van der Waals surface area contributed by atoms with E-state index in [2.05, 4.69) is 6.07 Å². The zero-order chi connectivity index (χ0) is 13.2. The SMILES string of the molecule is CCOCCCC(CCl)Cc1ccccc1OC. The maximum absolute atomic E-state index is 6.04. The molecular formula is C15H23ClO2. The van der Waals surface area contributed by atoms with Crippen molar-refractivity contribution >= 4 is 11.6 Å². The van der Waals surface area contributed by atoms with Gasteiger partial charge in [0, 0.05) is 19.1 Å². The molecule has 0 heterocycles. The van der Waals surface area contributed by atoms with E-state index in [0.29, 0.717) is 11.8 Å². The van der Waals surface area contributed by atoms with Gasteiger partial charge in [-0.25, -0.2) is 0 Å². The van der Waals surface area contributed by atoms with Gasteiger partial charge in [-0.2, -0.15) is 0 Å². The monoisotopic (exact) mass is 270 g/mol. The molecule has 0 amide bonds. The Morgan fingerprint density at radius 2 is 2.06 bits per heavy atom. The summed E-state index contributed by atoms with van der Waals surface area (Å²) in [6, 6.07) is 8.15. The number of benzene rings is 1. The average Bonchev–Trinajstić information content (AvgIpc) is 2.42. The van der Waals surface area contributed by atoms with Crippen molar-refractivity contribution < 1.29 is 9.47 Å². The molecule has 0 fully saturated rings. The van der Waals surface area contributed by atoms with Crippen LogP contribution in [0.5, 0.6) is 5.75 Å². The Kier molecular flexibility index (Phi) is 7.86. The second-order valence-corrected chi connectivity index (χ2v) is 4.68. The van der Waals surface area contributed by atoms with Gasteiger partial charge in [0.05, 0.1) is 7.11 Å². The van der Waals surface area contributed by atoms with Crippen LogP contribution in [-0.2, 0) is 11.2 Å². The minimum Gasteiger partial charge on any atom is -0.496 e. The number of ether oxygens (including phenoxy) is 2. The minimum atomic E-state index is 0.489. The van der Waals surface area contributed by atoms with Crippen molar-refractivity contribution in [3.05, 3.63) is 29.8 Å². The van der Waals surface area contributed by atoms with E-state index >= 15 is 0 Å². The third-order valence-electron chi connectivity index (χ3n) is 3.02. The summed E-state index contributed by atoms with van der Waals surface area (Å²) in [4.78, 5) is 0.